The Labute approximate surface area is 102 Å². The van der Waals surface area contributed by atoms with Gasteiger partial charge in [0.1, 0.15) is 0 Å². The van der Waals surface area contributed by atoms with Crippen LogP contribution >= 0.6 is 0 Å². The fourth-order valence-corrected chi connectivity index (χ4v) is 2.31. The predicted octanol–water partition coefficient (Wildman–Crippen LogP) is 1.41. The molecule has 0 aromatic rings. The van der Waals surface area contributed by atoms with Gasteiger partial charge in [-0.2, -0.15) is 0 Å². The Hall–Kier alpha value is -1.00. The van der Waals surface area contributed by atoms with Gasteiger partial charge in [-0.15, -0.1) is 0 Å². The molecule has 1 atom stereocenters. The van der Waals surface area contributed by atoms with E-state index in [1.165, 1.54) is 32.8 Å². The van der Waals surface area contributed by atoms with Crippen LogP contribution in [0.2, 0.25) is 0 Å². The number of hydrogen-bond donors (Lipinski definition) is 0. The van der Waals surface area contributed by atoms with Crippen LogP contribution in [0.5, 0.6) is 0 Å². The fraction of sp³-hybridized carbons (Fsp3) is 0.692. The van der Waals surface area contributed by atoms with Crippen LogP contribution < -0.4 is 0 Å². The molecule has 2 heterocycles. The zero-order valence-electron chi connectivity index (χ0n) is 10.4. The largest absolute Gasteiger partial charge is 0.368 e. The molecule has 0 aromatic heterocycles. The Kier molecular flexibility index (Phi) is 4.45. The number of methoxy groups -OCH3 is 1. The topological polar surface area (TPSA) is 41.9 Å². The van der Waals surface area contributed by atoms with Gasteiger partial charge < -0.3 is 4.74 Å². The number of hydrogen-bond acceptors (Lipinski definition) is 4. The first-order valence-corrected chi connectivity index (χ1v) is 6.33. The van der Waals surface area contributed by atoms with Gasteiger partial charge in [0.2, 0.25) is 0 Å². The third-order valence-corrected chi connectivity index (χ3v) is 3.30. The van der Waals surface area contributed by atoms with E-state index in [1.807, 2.05) is 0 Å². The van der Waals surface area contributed by atoms with Crippen LogP contribution in [0.15, 0.2) is 16.8 Å². The van der Waals surface area contributed by atoms with E-state index >= 15 is 0 Å². The summed E-state index contributed by atoms with van der Waals surface area (Å²) in [6.07, 6.45) is 7.90. The molecule has 1 saturated heterocycles. The molecule has 0 amide bonds. The van der Waals surface area contributed by atoms with Crippen molar-refractivity contribution in [1.82, 2.24) is 4.90 Å². The number of aliphatic imine (C=N–C) groups is 1. The minimum absolute atomic E-state index is 0.00678. The Morgan fingerprint density at radius 2 is 2.06 bits per heavy atom. The molecule has 2 aliphatic rings. The number of ether oxygens (including phenoxy) is 1. The monoisotopic (exact) mass is 236 g/mol. The summed E-state index contributed by atoms with van der Waals surface area (Å²) < 4.78 is 5.00. The summed E-state index contributed by atoms with van der Waals surface area (Å²) in [5.41, 5.74) is 0.866. The lowest BCUT2D eigenvalue weighted by Crippen LogP contribution is -2.30. The number of rotatable bonds is 3. The standard InChI is InChI=1S/C13H20N2O2/c1-17-13-9-14-11(8-12(13)16)10-15-6-4-2-3-5-7-15/h8-9,13H,2-7,10H2,1H3. The summed E-state index contributed by atoms with van der Waals surface area (Å²) in [7, 11) is 1.53. The van der Waals surface area contributed by atoms with E-state index in [4.69, 9.17) is 4.74 Å². The van der Waals surface area contributed by atoms with Crippen LogP contribution in [0.3, 0.4) is 0 Å². The van der Waals surface area contributed by atoms with Gasteiger partial charge in [-0.3, -0.25) is 14.7 Å². The SMILES string of the molecule is COC1C=NC(CN2CCCCCC2)=CC1=O. The maximum atomic E-state index is 11.6. The predicted molar refractivity (Wildman–Crippen MR) is 67.3 cm³/mol. The van der Waals surface area contributed by atoms with Crippen LogP contribution in [0.1, 0.15) is 25.7 Å². The van der Waals surface area contributed by atoms with Crippen molar-refractivity contribution in [3.05, 3.63) is 11.8 Å². The number of ketones is 1. The summed E-state index contributed by atoms with van der Waals surface area (Å²) in [5.74, 6) is 0.00678. The van der Waals surface area contributed by atoms with Crippen LogP contribution in [-0.2, 0) is 9.53 Å². The van der Waals surface area contributed by atoms with Crippen molar-refractivity contribution in [2.24, 2.45) is 4.99 Å². The lowest BCUT2D eigenvalue weighted by atomic mass is 10.1. The van der Waals surface area contributed by atoms with Crippen molar-refractivity contribution in [3.8, 4) is 0 Å². The Morgan fingerprint density at radius 1 is 1.35 bits per heavy atom. The summed E-state index contributed by atoms with van der Waals surface area (Å²) >= 11 is 0. The van der Waals surface area contributed by atoms with Crippen molar-refractivity contribution in [3.63, 3.8) is 0 Å². The molecule has 17 heavy (non-hydrogen) atoms. The first kappa shape index (κ1) is 12.5. The molecule has 1 fully saturated rings. The Morgan fingerprint density at radius 3 is 2.65 bits per heavy atom. The van der Waals surface area contributed by atoms with E-state index in [0.717, 1.165) is 25.3 Å². The van der Waals surface area contributed by atoms with Gasteiger partial charge in [0.15, 0.2) is 11.9 Å². The highest BCUT2D eigenvalue weighted by molar-refractivity contribution is 6.06. The van der Waals surface area contributed by atoms with E-state index < -0.39 is 6.10 Å². The first-order chi connectivity index (χ1) is 8.29. The molecule has 94 valence electrons. The maximum Gasteiger partial charge on any atom is 0.191 e. The zero-order chi connectivity index (χ0) is 12.1. The number of carbonyl (C=O) groups is 1. The lowest BCUT2D eigenvalue weighted by Gasteiger charge is -2.21. The van der Waals surface area contributed by atoms with Gasteiger partial charge in [0, 0.05) is 25.9 Å². The number of nitrogens with zero attached hydrogens (tertiary/aromatic N) is 2. The Balaban J connectivity index is 1.91. The quantitative estimate of drug-likeness (QED) is 0.744. The number of likely N-dealkylation sites (tertiary alicyclic amines) is 1. The van der Waals surface area contributed by atoms with Crippen LogP contribution in [0, 0.1) is 0 Å². The third-order valence-electron chi connectivity index (χ3n) is 3.30. The van der Waals surface area contributed by atoms with Crippen LogP contribution in [-0.4, -0.2) is 49.7 Å². The van der Waals surface area contributed by atoms with E-state index in [9.17, 15) is 4.79 Å². The van der Waals surface area contributed by atoms with Crippen molar-refractivity contribution >= 4 is 12.0 Å². The number of carbonyl (C=O) groups excluding carboxylic acids is 1. The van der Waals surface area contributed by atoms with Crippen molar-refractivity contribution in [2.75, 3.05) is 26.7 Å². The van der Waals surface area contributed by atoms with Gasteiger partial charge in [-0.1, -0.05) is 12.8 Å². The first-order valence-electron chi connectivity index (χ1n) is 6.33. The third kappa shape index (κ3) is 3.48. The second kappa shape index (κ2) is 6.07. The van der Waals surface area contributed by atoms with Gasteiger partial charge in [-0.25, -0.2) is 0 Å². The van der Waals surface area contributed by atoms with Gasteiger partial charge in [0.05, 0.1) is 5.70 Å². The highest BCUT2D eigenvalue weighted by atomic mass is 16.5. The average molecular weight is 236 g/mol. The van der Waals surface area contributed by atoms with Gasteiger partial charge in [-0.05, 0) is 25.9 Å². The van der Waals surface area contributed by atoms with Gasteiger partial charge in [0.25, 0.3) is 0 Å². The van der Waals surface area contributed by atoms with E-state index in [1.54, 1.807) is 12.3 Å². The maximum absolute atomic E-state index is 11.6. The fourth-order valence-electron chi connectivity index (χ4n) is 2.31. The molecule has 0 spiro atoms. The van der Waals surface area contributed by atoms with E-state index in [-0.39, 0.29) is 5.78 Å². The Bertz CT molecular complexity index is 328. The highest BCUT2D eigenvalue weighted by Gasteiger charge is 2.19. The molecule has 0 bridgehead atoms. The lowest BCUT2D eigenvalue weighted by molar-refractivity contribution is -0.120. The second-order valence-corrected chi connectivity index (χ2v) is 4.66. The molecule has 4 heteroatoms. The molecule has 1 unspecified atom stereocenters. The summed E-state index contributed by atoms with van der Waals surface area (Å²) in [6.45, 7) is 3.03. The average Bonchev–Trinajstić information content (AvgIpc) is 2.58. The van der Waals surface area contributed by atoms with Crippen LogP contribution in [0.4, 0.5) is 0 Å². The summed E-state index contributed by atoms with van der Waals surface area (Å²) in [6, 6.07) is 0. The summed E-state index contributed by atoms with van der Waals surface area (Å²) in [5, 5.41) is 0. The summed E-state index contributed by atoms with van der Waals surface area (Å²) in [4.78, 5) is 18.3. The van der Waals surface area contributed by atoms with Crippen molar-refractivity contribution < 1.29 is 9.53 Å². The van der Waals surface area contributed by atoms with Crippen molar-refractivity contribution in [1.29, 1.82) is 0 Å². The molecule has 2 rings (SSSR count). The molecule has 4 nitrogen and oxygen atoms in total. The molecule has 0 aromatic carbocycles. The zero-order valence-corrected chi connectivity index (χ0v) is 10.4. The minimum Gasteiger partial charge on any atom is -0.368 e. The van der Waals surface area contributed by atoms with Gasteiger partial charge >= 0.3 is 0 Å². The molecule has 0 radical (unpaired) electrons. The molecular weight excluding hydrogens is 216 g/mol. The molecule has 0 N–H and O–H groups in total. The molecular formula is C13H20N2O2. The normalized spacial score (nSPS) is 26.8. The second-order valence-electron chi connectivity index (χ2n) is 4.66. The molecule has 0 aliphatic carbocycles. The molecule has 0 saturated carbocycles. The van der Waals surface area contributed by atoms with Crippen LogP contribution in [0.25, 0.3) is 0 Å². The van der Waals surface area contributed by atoms with E-state index in [0.29, 0.717) is 0 Å². The smallest absolute Gasteiger partial charge is 0.191 e. The minimum atomic E-state index is -0.483. The van der Waals surface area contributed by atoms with Crippen molar-refractivity contribution in [2.45, 2.75) is 31.8 Å². The highest BCUT2D eigenvalue weighted by Crippen LogP contribution is 2.13. The molecule has 2 aliphatic heterocycles. The van der Waals surface area contributed by atoms with E-state index in [2.05, 4.69) is 9.89 Å².